The lowest BCUT2D eigenvalue weighted by Crippen LogP contribution is -2.25. The van der Waals surface area contributed by atoms with Crippen molar-refractivity contribution >= 4 is 5.91 Å². The van der Waals surface area contributed by atoms with Gasteiger partial charge in [0.25, 0.3) is 0 Å². The predicted molar refractivity (Wildman–Crippen MR) is 93.6 cm³/mol. The van der Waals surface area contributed by atoms with Crippen LogP contribution < -0.4 is 0 Å². The van der Waals surface area contributed by atoms with Crippen LogP contribution in [0.3, 0.4) is 0 Å². The van der Waals surface area contributed by atoms with Gasteiger partial charge in [0, 0.05) is 36.7 Å². The molecule has 0 saturated carbocycles. The average Bonchev–Trinajstić information content (AvgIpc) is 3.25. The van der Waals surface area contributed by atoms with Crippen molar-refractivity contribution in [3.63, 3.8) is 0 Å². The van der Waals surface area contributed by atoms with Crippen molar-refractivity contribution < 1.29 is 18.1 Å². The normalized spacial score (nSPS) is 16.9. The minimum atomic E-state index is -0.661. The van der Waals surface area contributed by atoms with E-state index in [1.807, 2.05) is 31.2 Å². The van der Waals surface area contributed by atoms with Crippen molar-refractivity contribution in [2.75, 3.05) is 6.54 Å². The molecule has 5 nitrogen and oxygen atoms in total. The molecular formula is C20H17F2N3O2. The topological polar surface area (TPSA) is 59.2 Å². The van der Waals surface area contributed by atoms with Crippen LogP contribution in [-0.2, 0) is 11.3 Å². The Morgan fingerprint density at radius 3 is 2.70 bits per heavy atom. The van der Waals surface area contributed by atoms with Gasteiger partial charge in [0.15, 0.2) is 0 Å². The minimum absolute atomic E-state index is 0.0837. The highest BCUT2D eigenvalue weighted by atomic mass is 19.1. The van der Waals surface area contributed by atoms with Crippen LogP contribution in [0.2, 0.25) is 0 Å². The van der Waals surface area contributed by atoms with Gasteiger partial charge in [-0.3, -0.25) is 4.79 Å². The summed E-state index contributed by atoms with van der Waals surface area (Å²) < 4.78 is 32.2. The molecule has 27 heavy (non-hydrogen) atoms. The van der Waals surface area contributed by atoms with Gasteiger partial charge >= 0.3 is 0 Å². The maximum atomic E-state index is 13.9. The summed E-state index contributed by atoms with van der Waals surface area (Å²) in [4.78, 5) is 18.2. The molecule has 138 valence electrons. The second kappa shape index (κ2) is 6.90. The van der Waals surface area contributed by atoms with Gasteiger partial charge in [-0.25, -0.2) is 8.78 Å². The highest BCUT2D eigenvalue weighted by Gasteiger charge is 2.34. The summed E-state index contributed by atoms with van der Waals surface area (Å²) in [5, 5.41) is 4.00. The SMILES string of the molecule is Cc1ccc(-c2noc(C3CC(=O)N(Cc4ccc(F)cc4F)C3)n2)cc1. The molecule has 1 unspecified atom stereocenters. The second-order valence-corrected chi connectivity index (χ2v) is 6.73. The van der Waals surface area contributed by atoms with Crippen molar-refractivity contribution in [2.45, 2.75) is 25.8 Å². The van der Waals surface area contributed by atoms with Crippen molar-refractivity contribution in [3.05, 3.63) is 71.1 Å². The van der Waals surface area contributed by atoms with Crippen LogP contribution in [0.1, 0.15) is 29.4 Å². The van der Waals surface area contributed by atoms with E-state index in [1.54, 1.807) is 0 Å². The third-order valence-corrected chi connectivity index (χ3v) is 4.69. The molecule has 1 aromatic heterocycles. The summed E-state index contributed by atoms with van der Waals surface area (Å²) in [6, 6.07) is 11.1. The van der Waals surface area contributed by atoms with Gasteiger partial charge in [0.2, 0.25) is 17.6 Å². The van der Waals surface area contributed by atoms with Crippen molar-refractivity contribution in [1.29, 1.82) is 0 Å². The maximum absolute atomic E-state index is 13.9. The fraction of sp³-hybridized carbons (Fsp3) is 0.250. The third kappa shape index (κ3) is 3.58. The van der Waals surface area contributed by atoms with Gasteiger partial charge in [0.05, 0.1) is 5.92 Å². The van der Waals surface area contributed by atoms with Gasteiger partial charge in [-0.1, -0.05) is 41.1 Å². The van der Waals surface area contributed by atoms with Crippen molar-refractivity contribution in [3.8, 4) is 11.4 Å². The molecule has 1 fully saturated rings. The third-order valence-electron chi connectivity index (χ3n) is 4.69. The molecule has 1 atom stereocenters. The Labute approximate surface area is 154 Å². The number of carbonyl (C=O) groups excluding carboxylic acids is 1. The van der Waals surface area contributed by atoms with E-state index in [4.69, 9.17) is 4.52 Å². The van der Waals surface area contributed by atoms with Gasteiger partial charge < -0.3 is 9.42 Å². The number of nitrogens with zero attached hydrogens (tertiary/aromatic N) is 3. The molecule has 1 aliphatic rings. The van der Waals surface area contributed by atoms with E-state index < -0.39 is 11.6 Å². The van der Waals surface area contributed by atoms with Crippen LogP contribution >= 0.6 is 0 Å². The summed E-state index contributed by atoms with van der Waals surface area (Å²) in [5.74, 6) is -0.810. The number of aryl methyl sites for hydroxylation is 1. The van der Waals surface area contributed by atoms with Crippen LogP contribution in [-0.4, -0.2) is 27.5 Å². The minimum Gasteiger partial charge on any atom is -0.339 e. The predicted octanol–water partition coefficient (Wildman–Crippen LogP) is 3.84. The van der Waals surface area contributed by atoms with E-state index in [1.165, 1.54) is 17.0 Å². The van der Waals surface area contributed by atoms with E-state index in [2.05, 4.69) is 10.1 Å². The number of halogens is 2. The van der Waals surface area contributed by atoms with E-state index in [0.717, 1.165) is 17.2 Å². The summed E-state index contributed by atoms with van der Waals surface area (Å²) in [6.07, 6.45) is 0.221. The first-order valence-corrected chi connectivity index (χ1v) is 8.62. The summed E-state index contributed by atoms with van der Waals surface area (Å²) in [6.45, 7) is 2.43. The molecule has 7 heteroatoms. The molecule has 1 amide bonds. The molecule has 0 aliphatic carbocycles. The maximum Gasteiger partial charge on any atom is 0.232 e. The largest absolute Gasteiger partial charge is 0.339 e. The first kappa shape index (κ1) is 17.3. The zero-order valence-electron chi connectivity index (χ0n) is 14.7. The Morgan fingerprint density at radius 1 is 1.19 bits per heavy atom. The average molecular weight is 369 g/mol. The van der Waals surface area contributed by atoms with Crippen LogP contribution in [0.5, 0.6) is 0 Å². The molecule has 4 rings (SSSR count). The number of amides is 1. The fourth-order valence-electron chi connectivity index (χ4n) is 3.17. The molecule has 0 N–H and O–H groups in total. The number of aromatic nitrogens is 2. The number of hydrogen-bond acceptors (Lipinski definition) is 4. The van der Waals surface area contributed by atoms with Gasteiger partial charge in [-0.05, 0) is 13.0 Å². The molecule has 1 aliphatic heterocycles. The Morgan fingerprint density at radius 2 is 1.96 bits per heavy atom. The number of likely N-dealkylation sites (tertiary alicyclic amines) is 1. The summed E-state index contributed by atoms with van der Waals surface area (Å²) >= 11 is 0. The molecule has 1 saturated heterocycles. The van der Waals surface area contributed by atoms with Crippen LogP contribution in [0.25, 0.3) is 11.4 Å². The van der Waals surface area contributed by atoms with Crippen LogP contribution in [0.15, 0.2) is 47.0 Å². The molecule has 2 heterocycles. The van der Waals surface area contributed by atoms with E-state index in [9.17, 15) is 13.6 Å². The lowest BCUT2D eigenvalue weighted by Gasteiger charge is -2.16. The molecule has 3 aromatic rings. The highest BCUT2D eigenvalue weighted by Crippen LogP contribution is 2.30. The number of benzene rings is 2. The first-order valence-electron chi connectivity index (χ1n) is 8.62. The molecule has 0 radical (unpaired) electrons. The molecule has 2 aromatic carbocycles. The smallest absolute Gasteiger partial charge is 0.232 e. The number of carbonyl (C=O) groups is 1. The lowest BCUT2D eigenvalue weighted by molar-refractivity contribution is -0.128. The number of hydrogen-bond donors (Lipinski definition) is 0. The number of rotatable bonds is 4. The lowest BCUT2D eigenvalue weighted by atomic mass is 10.1. The Bertz CT molecular complexity index is 985. The van der Waals surface area contributed by atoms with Gasteiger partial charge in [-0.15, -0.1) is 0 Å². The zero-order valence-corrected chi connectivity index (χ0v) is 14.7. The Balaban J connectivity index is 1.48. The molecular weight excluding hydrogens is 352 g/mol. The molecule has 0 spiro atoms. The van der Waals surface area contributed by atoms with E-state index >= 15 is 0 Å². The zero-order chi connectivity index (χ0) is 19.0. The fourth-order valence-corrected chi connectivity index (χ4v) is 3.17. The second-order valence-electron chi connectivity index (χ2n) is 6.73. The van der Waals surface area contributed by atoms with E-state index in [-0.39, 0.29) is 30.4 Å². The standard InChI is InChI=1S/C20H17F2N3O2/c1-12-2-4-13(5-3-12)19-23-20(27-24-19)15-8-18(26)25(11-15)10-14-6-7-16(21)9-17(14)22/h2-7,9,15H,8,10-11H2,1H3. The monoisotopic (exact) mass is 369 g/mol. The van der Waals surface area contributed by atoms with Crippen molar-refractivity contribution in [1.82, 2.24) is 15.0 Å². The van der Waals surface area contributed by atoms with Crippen LogP contribution in [0, 0.1) is 18.6 Å². The Kier molecular flexibility index (Phi) is 4.43. The summed E-state index contributed by atoms with van der Waals surface area (Å²) in [7, 11) is 0. The van der Waals surface area contributed by atoms with E-state index in [0.29, 0.717) is 18.3 Å². The van der Waals surface area contributed by atoms with Crippen LogP contribution in [0.4, 0.5) is 8.78 Å². The Hall–Kier alpha value is -3.09. The van der Waals surface area contributed by atoms with Gasteiger partial charge in [-0.2, -0.15) is 4.98 Å². The quantitative estimate of drug-likeness (QED) is 0.701. The van der Waals surface area contributed by atoms with Crippen molar-refractivity contribution in [2.24, 2.45) is 0 Å². The molecule has 0 bridgehead atoms. The summed E-state index contributed by atoms with van der Waals surface area (Å²) in [5.41, 5.74) is 2.24. The van der Waals surface area contributed by atoms with Gasteiger partial charge in [0.1, 0.15) is 11.6 Å². The highest BCUT2D eigenvalue weighted by molar-refractivity contribution is 5.79. The first-order chi connectivity index (χ1) is 13.0.